The molecule has 7 rings (SSSR count). The third-order valence-electron chi connectivity index (χ3n) is 7.88. The quantitative estimate of drug-likeness (QED) is 0.214. The smallest absolute Gasteiger partial charge is 0.339 e. The van der Waals surface area contributed by atoms with Gasteiger partial charge in [-0.1, -0.05) is 60.7 Å². The van der Waals surface area contributed by atoms with Gasteiger partial charge in [0.2, 0.25) is 6.79 Å². The van der Waals surface area contributed by atoms with Crippen molar-refractivity contribution in [3.8, 4) is 11.5 Å². The van der Waals surface area contributed by atoms with Gasteiger partial charge in [0.25, 0.3) is 5.91 Å². The number of hydrogen-bond acceptors (Lipinski definition) is 6. The van der Waals surface area contributed by atoms with Gasteiger partial charge >= 0.3 is 5.97 Å². The number of aromatic nitrogens is 1. The Balaban J connectivity index is 1.19. The van der Waals surface area contributed by atoms with E-state index in [-0.39, 0.29) is 19.3 Å². The normalized spacial score (nSPS) is 14.4. The molecule has 7 nitrogen and oxygen atoms in total. The fourth-order valence-corrected chi connectivity index (χ4v) is 5.92. The number of carbonyl (C=O) groups is 2. The minimum absolute atomic E-state index is 0.220. The van der Waals surface area contributed by atoms with E-state index in [4.69, 9.17) is 19.2 Å². The predicted octanol–water partition coefficient (Wildman–Crippen LogP) is 6.81. The molecule has 0 atom stereocenters. The van der Waals surface area contributed by atoms with E-state index < -0.39 is 5.97 Å². The fourth-order valence-electron chi connectivity index (χ4n) is 5.92. The van der Waals surface area contributed by atoms with Crippen LogP contribution in [-0.2, 0) is 16.0 Å². The zero-order chi connectivity index (χ0) is 28.6. The lowest BCUT2D eigenvalue weighted by Crippen LogP contribution is -2.34. The summed E-state index contributed by atoms with van der Waals surface area (Å²) in [4.78, 5) is 33.7. The minimum atomic E-state index is -0.517. The predicted molar refractivity (Wildman–Crippen MR) is 163 cm³/mol. The van der Waals surface area contributed by atoms with Gasteiger partial charge < -0.3 is 19.1 Å². The highest BCUT2D eigenvalue weighted by Crippen LogP contribution is 2.39. The van der Waals surface area contributed by atoms with E-state index in [0.29, 0.717) is 29.8 Å². The number of carbonyl (C=O) groups excluding carboxylic acids is 2. The molecule has 0 fully saturated rings. The van der Waals surface area contributed by atoms with Gasteiger partial charge in [-0.05, 0) is 72.2 Å². The molecule has 7 heteroatoms. The second-order valence-electron chi connectivity index (χ2n) is 10.3. The summed E-state index contributed by atoms with van der Waals surface area (Å²) < 4.78 is 16.7. The van der Waals surface area contributed by atoms with E-state index in [1.54, 1.807) is 4.90 Å². The van der Waals surface area contributed by atoms with Gasteiger partial charge in [-0.2, -0.15) is 0 Å². The van der Waals surface area contributed by atoms with Crippen molar-refractivity contribution in [1.29, 1.82) is 0 Å². The molecule has 5 aromatic rings. The summed E-state index contributed by atoms with van der Waals surface area (Å²) in [5, 5.41) is 2.74. The highest BCUT2D eigenvalue weighted by molar-refractivity contribution is 6.09. The van der Waals surface area contributed by atoms with Gasteiger partial charge in [0.15, 0.2) is 18.1 Å². The molecule has 4 aromatic carbocycles. The topological polar surface area (TPSA) is 78.0 Å². The van der Waals surface area contributed by atoms with Crippen LogP contribution in [-0.4, -0.2) is 36.8 Å². The zero-order valence-corrected chi connectivity index (χ0v) is 23.1. The number of allylic oxidation sites excluding steroid dienone is 1. The van der Waals surface area contributed by atoms with Crippen LogP contribution in [0.1, 0.15) is 40.5 Å². The van der Waals surface area contributed by atoms with Gasteiger partial charge in [0, 0.05) is 17.3 Å². The van der Waals surface area contributed by atoms with Gasteiger partial charge in [-0.3, -0.25) is 4.79 Å². The number of fused-ring (bicyclic) bond motifs is 4. The molecule has 1 aliphatic carbocycles. The Morgan fingerprint density at radius 2 is 1.69 bits per heavy atom. The van der Waals surface area contributed by atoms with Crippen molar-refractivity contribution in [2.45, 2.75) is 19.8 Å². The number of rotatable bonds is 6. The standard InChI is InChI=1S/C35H28N2O5/c1-2-37(29-13-7-9-23-8-3-4-10-25(23)29)32(38)20-40-35(39)33-26-11-5-6-12-28(26)36-34-24(15-16-27(33)34)18-22-14-17-30-31(19-22)42-21-41-30/h3-14,17-19H,2,15-16,20-21H2,1H3/b24-18-. The Hall–Kier alpha value is -5.17. The summed E-state index contributed by atoms with van der Waals surface area (Å²) in [5.41, 5.74) is 5.62. The van der Waals surface area contributed by atoms with Gasteiger partial charge in [-0.25, -0.2) is 9.78 Å². The maximum atomic E-state index is 13.7. The first-order chi connectivity index (χ1) is 20.6. The summed E-state index contributed by atoms with van der Waals surface area (Å²) >= 11 is 0. The van der Waals surface area contributed by atoms with Crippen molar-refractivity contribution in [3.05, 3.63) is 107 Å². The summed E-state index contributed by atoms with van der Waals surface area (Å²) in [7, 11) is 0. The molecule has 2 aliphatic rings. The summed E-state index contributed by atoms with van der Waals surface area (Å²) in [6.07, 6.45) is 3.47. The van der Waals surface area contributed by atoms with Gasteiger partial charge in [0.05, 0.1) is 22.5 Å². The molecule has 0 saturated carbocycles. The highest BCUT2D eigenvalue weighted by Gasteiger charge is 2.29. The minimum Gasteiger partial charge on any atom is -0.454 e. The number of nitrogens with zero attached hydrogens (tertiary/aromatic N) is 2. The number of hydrogen-bond donors (Lipinski definition) is 0. The number of amides is 1. The molecule has 42 heavy (non-hydrogen) atoms. The molecule has 1 aromatic heterocycles. The lowest BCUT2D eigenvalue weighted by Gasteiger charge is -2.23. The van der Waals surface area contributed by atoms with Crippen molar-refractivity contribution >= 4 is 50.9 Å². The monoisotopic (exact) mass is 556 g/mol. The molecule has 1 aliphatic heterocycles. The Kier molecular flexibility index (Phi) is 6.55. The summed E-state index contributed by atoms with van der Waals surface area (Å²) in [6, 6.07) is 27.2. The summed E-state index contributed by atoms with van der Waals surface area (Å²) in [6.45, 7) is 2.23. The lowest BCUT2D eigenvalue weighted by atomic mass is 10.0. The molecular formula is C35H28N2O5. The number of likely N-dealkylation sites (N-methyl/N-ethyl adjacent to an activating group) is 1. The maximum absolute atomic E-state index is 13.7. The van der Waals surface area contributed by atoms with Crippen molar-refractivity contribution < 1.29 is 23.8 Å². The average Bonchev–Trinajstić information content (AvgIpc) is 3.66. The lowest BCUT2D eigenvalue weighted by molar-refractivity contribution is -0.121. The number of ether oxygens (including phenoxy) is 3. The Labute approximate surface area is 243 Å². The third-order valence-corrected chi connectivity index (χ3v) is 7.88. The second kappa shape index (κ2) is 10.7. The molecule has 0 unspecified atom stereocenters. The molecule has 0 spiro atoms. The Bertz CT molecular complexity index is 1910. The van der Waals surface area contributed by atoms with E-state index in [1.165, 1.54) is 0 Å². The molecular weight excluding hydrogens is 528 g/mol. The van der Waals surface area contributed by atoms with Crippen LogP contribution >= 0.6 is 0 Å². The van der Waals surface area contributed by atoms with Crippen LogP contribution < -0.4 is 14.4 Å². The first kappa shape index (κ1) is 25.8. The van der Waals surface area contributed by atoms with Crippen LogP contribution in [0.2, 0.25) is 0 Å². The number of esters is 1. The van der Waals surface area contributed by atoms with Crippen LogP contribution in [0.15, 0.2) is 84.9 Å². The average molecular weight is 557 g/mol. The number of benzene rings is 4. The molecule has 2 heterocycles. The van der Waals surface area contributed by atoms with Crippen LogP contribution in [0.25, 0.3) is 33.3 Å². The highest BCUT2D eigenvalue weighted by atomic mass is 16.7. The molecule has 0 radical (unpaired) electrons. The van der Waals surface area contributed by atoms with Crippen molar-refractivity contribution in [2.75, 3.05) is 24.8 Å². The zero-order valence-electron chi connectivity index (χ0n) is 23.1. The van der Waals surface area contributed by atoms with Gasteiger partial charge in [-0.15, -0.1) is 0 Å². The SMILES string of the molecule is CCN(C(=O)COC(=O)c1c2c(nc3ccccc13)/C(=C\c1ccc3c(c1)OCO3)CC2)c1cccc2ccccc12. The van der Waals surface area contributed by atoms with E-state index in [0.717, 1.165) is 56.4 Å². The number of pyridine rings is 1. The number of para-hydroxylation sites is 1. The molecule has 0 bridgehead atoms. The first-order valence-corrected chi connectivity index (χ1v) is 14.1. The van der Waals surface area contributed by atoms with Crippen LogP contribution in [0.3, 0.4) is 0 Å². The second-order valence-corrected chi connectivity index (χ2v) is 10.3. The van der Waals surface area contributed by atoms with E-state index >= 15 is 0 Å². The molecule has 208 valence electrons. The van der Waals surface area contributed by atoms with Crippen molar-refractivity contribution in [3.63, 3.8) is 0 Å². The van der Waals surface area contributed by atoms with Crippen LogP contribution in [0, 0.1) is 0 Å². The summed E-state index contributed by atoms with van der Waals surface area (Å²) in [5.74, 6) is 0.652. The maximum Gasteiger partial charge on any atom is 0.339 e. The van der Waals surface area contributed by atoms with E-state index in [2.05, 4.69) is 6.08 Å². The van der Waals surface area contributed by atoms with Crippen LogP contribution in [0.4, 0.5) is 5.69 Å². The van der Waals surface area contributed by atoms with Gasteiger partial charge in [0.1, 0.15) is 0 Å². The van der Waals surface area contributed by atoms with Crippen molar-refractivity contribution in [1.82, 2.24) is 4.98 Å². The van der Waals surface area contributed by atoms with Crippen LogP contribution in [0.5, 0.6) is 11.5 Å². The molecule has 1 amide bonds. The molecule has 0 saturated heterocycles. The third kappa shape index (κ3) is 4.53. The molecule has 0 N–H and O–H groups in total. The fraction of sp³-hybridized carbons (Fsp3) is 0.171. The van der Waals surface area contributed by atoms with E-state index in [9.17, 15) is 9.59 Å². The number of anilines is 1. The Morgan fingerprint density at radius 1 is 0.905 bits per heavy atom. The van der Waals surface area contributed by atoms with E-state index in [1.807, 2.05) is 91.9 Å². The first-order valence-electron chi connectivity index (χ1n) is 14.1. The largest absolute Gasteiger partial charge is 0.454 e. The van der Waals surface area contributed by atoms with Crippen molar-refractivity contribution in [2.24, 2.45) is 0 Å². The Morgan fingerprint density at radius 3 is 2.57 bits per heavy atom.